The van der Waals surface area contributed by atoms with Gasteiger partial charge in [0.2, 0.25) is 11.8 Å². The van der Waals surface area contributed by atoms with Crippen LogP contribution in [0.25, 0.3) is 0 Å². The summed E-state index contributed by atoms with van der Waals surface area (Å²) in [6.07, 6.45) is 2.58. The Morgan fingerprint density at radius 1 is 1.10 bits per heavy atom. The Hall–Kier alpha value is -2.94. The van der Waals surface area contributed by atoms with Crippen LogP contribution in [0.5, 0.6) is 0 Å². The number of amides is 4. The molecule has 0 spiro atoms. The second-order valence-electron chi connectivity index (χ2n) is 8.43. The number of carbonyl (C=O) groups excluding carboxylic acids is 3. The molecule has 1 unspecified atom stereocenters. The number of rotatable bonds is 3. The number of hydrogen-bond donors (Lipinski definition) is 2. The number of hydrogen-bond acceptors (Lipinski definition) is 4. The van der Waals surface area contributed by atoms with E-state index in [1.54, 1.807) is 4.90 Å². The molecule has 1 aromatic carbocycles. The van der Waals surface area contributed by atoms with Crippen molar-refractivity contribution >= 4 is 23.7 Å². The van der Waals surface area contributed by atoms with Crippen LogP contribution in [0, 0.1) is 5.92 Å². The first kappa shape index (κ1) is 21.3. The summed E-state index contributed by atoms with van der Waals surface area (Å²) in [6, 6.07) is 9.10. The molecule has 1 aromatic rings. The standard InChI is InChI=1S/C22H29N5O4/c23-21(16-4-2-1-3-5-16)25-19(28)12-15-6-9-26(10-7-15)22(30)27-11-8-18-17(13-27)24-20(29)14-31-18/h1-5,15,17-18H,6-14H2,(H,24,29)(H2,23,25,28)/t17-,18?/m1/s1. The first-order chi connectivity index (χ1) is 15.0. The van der Waals surface area contributed by atoms with Gasteiger partial charge in [-0.3, -0.25) is 9.59 Å². The highest BCUT2D eigenvalue weighted by Gasteiger charge is 2.38. The van der Waals surface area contributed by atoms with E-state index in [4.69, 9.17) is 10.5 Å². The minimum absolute atomic E-state index is 0.00519. The van der Waals surface area contributed by atoms with Gasteiger partial charge in [-0.15, -0.1) is 0 Å². The molecule has 0 radical (unpaired) electrons. The van der Waals surface area contributed by atoms with Gasteiger partial charge in [-0.2, -0.15) is 4.99 Å². The van der Waals surface area contributed by atoms with E-state index in [0.29, 0.717) is 32.6 Å². The number of morpholine rings is 1. The van der Waals surface area contributed by atoms with Crippen molar-refractivity contribution in [1.82, 2.24) is 15.1 Å². The number of aliphatic imine (C=N–C) groups is 1. The average Bonchev–Trinajstić information content (AvgIpc) is 2.79. The summed E-state index contributed by atoms with van der Waals surface area (Å²) in [6.45, 7) is 2.43. The predicted molar refractivity (Wildman–Crippen MR) is 114 cm³/mol. The minimum Gasteiger partial charge on any atom is -0.383 e. The zero-order chi connectivity index (χ0) is 21.8. The molecular weight excluding hydrogens is 398 g/mol. The maximum atomic E-state index is 12.9. The van der Waals surface area contributed by atoms with E-state index in [-0.39, 0.29) is 48.4 Å². The van der Waals surface area contributed by atoms with Gasteiger partial charge >= 0.3 is 6.03 Å². The highest BCUT2D eigenvalue weighted by molar-refractivity contribution is 6.04. The zero-order valence-corrected chi connectivity index (χ0v) is 17.5. The van der Waals surface area contributed by atoms with E-state index in [9.17, 15) is 14.4 Å². The van der Waals surface area contributed by atoms with Crippen LogP contribution in [0.3, 0.4) is 0 Å². The lowest BCUT2D eigenvalue weighted by Crippen LogP contribution is -2.62. The molecule has 3 aliphatic heterocycles. The fourth-order valence-corrected chi connectivity index (χ4v) is 4.50. The quantitative estimate of drug-likeness (QED) is 0.545. The first-order valence-corrected chi connectivity index (χ1v) is 10.9. The van der Waals surface area contributed by atoms with Gasteiger partial charge in [-0.05, 0) is 25.2 Å². The monoisotopic (exact) mass is 427 g/mol. The van der Waals surface area contributed by atoms with Crippen molar-refractivity contribution < 1.29 is 19.1 Å². The van der Waals surface area contributed by atoms with Crippen LogP contribution in [0.15, 0.2) is 35.3 Å². The Balaban J connectivity index is 1.24. The van der Waals surface area contributed by atoms with Crippen molar-refractivity contribution in [3.8, 4) is 0 Å². The predicted octanol–water partition coefficient (Wildman–Crippen LogP) is 0.730. The number of piperidine rings is 2. The number of nitrogens with zero attached hydrogens (tertiary/aromatic N) is 3. The average molecular weight is 428 g/mol. The topological polar surface area (TPSA) is 117 Å². The molecule has 0 bridgehead atoms. The highest BCUT2D eigenvalue weighted by atomic mass is 16.5. The number of nitrogens with one attached hydrogen (secondary N) is 1. The molecule has 4 amide bonds. The Kier molecular flexibility index (Phi) is 6.50. The van der Waals surface area contributed by atoms with Crippen LogP contribution in [0.2, 0.25) is 0 Å². The summed E-state index contributed by atoms with van der Waals surface area (Å²) in [5.41, 5.74) is 6.67. The molecule has 3 fully saturated rings. The Morgan fingerprint density at radius 3 is 2.55 bits per heavy atom. The van der Waals surface area contributed by atoms with Gasteiger partial charge in [0, 0.05) is 38.2 Å². The summed E-state index contributed by atoms with van der Waals surface area (Å²) in [5.74, 6) is 0.0823. The number of fused-ring (bicyclic) bond motifs is 1. The van der Waals surface area contributed by atoms with E-state index in [1.165, 1.54) is 0 Å². The van der Waals surface area contributed by atoms with Gasteiger partial charge in [-0.1, -0.05) is 30.3 Å². The molecule has 2 atom stereocenters. The SMILES string of the molecule is NC(=NC(=O)CC1CCN(C(=O)N2CCC3OCC(=O)N[C@@H]3C2)CC1)c1ccccc1. The molecule has 9 nitrogen and oxygen atoms in total. The van der Waals surface area contributed by atoms with Crippen molar-refractivity contribution in [2.75, 3.05) is 32.8 Å². The molecule has 9 heteroatoms. The first-order valence-electron chi connectivity index (χ1n) is 10.9. The lowest BCUT2D eigenvalue weighted by Gasteiger charge is -2.43. The molecular formula is C22H29N5O4. The molecule has 0 aromatic heterocycles. The third-order valence-corrected chi connectivity index (χ3v) is 6.26. The largest absolute Gasteiger partial charge is 0.383 e. The van der Waals surface area contributed by atoms with Crippen LogP contribution < -0.4 is 11.1 Å². The van der Waals surface area contributed by atoms with Crippen molar-refractivity contribution in [1.29, 1.82) is 0 Å². The van der Waals surface area contributed by atoms with E-state index in [2.05, 4.69) is 10.3 Å². The molecule has 166 valence electrons. The van der Waals surface area contributed by atoms with Crippen LogP contribution in [-0.2, 0) is 14.3 Å². The number of benzene rings is 1. The highest BCUT2D eigenvalue weighted by Crippen LogP contribution is 2.24. The summed E-state index contributed by atoms with van der Waals surface area (Å²) in [5, 5.41) is 2.93. The van der Waals surface area contributed by atoms with Crippen LogP contribution >= 0.6 is 0 Å². The molecule has 3 saturated heterocycles. The van der Waals surface area contributed by atoms with Crippen molar-refractivity contribution in [2.45, 2.75) is 37.8 Å². The van der Waals surface area contributed by atoms with Gasteiger partial charge in [0.25, 0.3) is 0 Å². The maximum absolute atomic E-state index is 12.9. The minimum atomic E-state index is -0.221. The number of urea groups is 1. The fraction of sp³-hybridized carbons (Fsp3) is 0.545. The van der Waals surface area contributed by atoms with E-state index < -0.39 is 0 Å². The van der Waals surface area contributed by atoms with Gasteiger partial charge in [0.1, 0.15) is 12.4 Å². The van der Waals surface area contributed by atoms with Crippen LogP contribution in [0.1, 0.15) is 31.2 Å². The van der Waals surface area contributed by atoms with Crippen LogP contribution in [0.4, 0.5) is 4.79 Å². The molecule has 3 aliphatic rings. The molecule has 0 aliphatic carbocycles. The Morgan fingerprint density at radius 2 is 1.81 bits per heavy atom. The van der Waals surface area contributed by atoms with Gasteiger partial charge in [-0.25, -0.2) is 4.79 Å². The summed E-state index contributed by atoms with van der Waals surface area (Å²) < 4.78 is 5.56. The third-order valence-electron chi connectivity index (χ3n) is 6.26. The summed E-state index contributed by atoms with van der Waals surface area (Å²) in [4.78, 5) is 44.5. The number of carbonyl (C=O) groups is 3. The van der Waals surface area contributed by atoms with Crippen molar-refractivity contribution in [2.24, 2.45) is 16.6 Å². The lowest BCUT2D eigenvalue weighted by molar-refractivity contribution is -0.139. The number of amidine groups is 1. The molecule has 0 saturated carbocycles. The normalized spacial score (nSPS) is 25.0. The lowest BCUT2D eigenvalue weighted by atomic mass is 9.93. The smallest absolute Gasteiger partial charge is 0.320 e. The maximum Gasteiger partial charge on any atom is 0.320 e. The Bertz CT molecular complexity index is 851. The van der Waals surface area contributed by atoms with Gasteiger partial charge in [0.15, 0.2) is 0 Å². The molecule has 3 N–H and O–H groups in total. The van der Waals surface area contributed by atoms with Crippen molar-refractivity contribution in [3.63, 3.8) is 0 Å². The Labute approximate surface area is 181 Å². The zero-order valence-electron chi connectivity index (χ0n) is 17.5. The summed E-state index contributed by atoms with van der Waals surface area (Å²) in [7, 11) is 0. The number of likely N-dealkylation sites (tertiary alicyclic amines) is 2. The van der Waals surface area contributed by atoms with Crippen molar-refractivity contribution in [3.05, 3.63) is 35.9 Å². The molecule has 3 heterocycles. The molecule has 4 rings (SSSR count). The third kappa shape index (κ3) is 5.22. The van der Waals surface area contributed by atoms with Gasteiger partial charge in [0.05, 0.1) is 12.1 Å². The number of ether oxygens (including phenoxy) is 1. The van der Waals surface area contributed by atoms with E-state index in [1.807, 2.05) is 35.2 Å². The summed E-state index contributed by atoms with van der Waals surface area (Å²) >= 11 is 0. The van der Waals surface area contributed by atoms with E-state index >= 15 is 0 Å². The molecule has 31 heavy (non-hydrogen) atoms. The second-order valence-corrected chi connectivity index (χ2v) is 8.43. The fourth-order valence-electron chi connectivity index (χ4n) is 4.50. The van der Waals surface area contributed by atoms with Gasteiger partial charge < -0.3 is 25.6 Å². The number of nitrogens with two attached hydrogens (primary N) is 1. The second kappa shape index (κ2) is 9.47. The van der Waals surface area contributed by atoms with Crippen LogP contribution in [-0.4, -0.2) is 78.4 Å². The van der Waals surface area contributed by atoms with E-state index in [0.717, 1.165) is 24.8 Å².